The van der Waals surface area contributed by atoms with Crippen LogP contribution in [0.4, 0.5) is 5.82 Å². The number of carbonyl (C=O) groups is 1. The topological polar surface area (TPSA) is 46.9 Å². The van der Waals surface area contributed by atoms with Gasteiger partial charge in [-0.15, -0.1) is 0 Å². The molecule has 1 heterocycles. The van der Waals surface area contributed by atoms with Crippen molar-refractivity contribution in [2.24, 2.45) is 0 Å². The molecule has 4 heteroatoms. The summed E-state index contributed by atoms with van der Waals surface area (Å²) in [5, 5.41) is 8.54. The van der Waals surface area contributed by atoms with Crippen molar-refractivity contribution < 1.29 is 4.79 Å². The van der Waals surface area contributed by atoms with Gasteiger partial charge in [0.05, 0.1) is 12.1 Å². The number of benzene rings is 3. The van der Waals surface area contributed by atoms with Gasteiger partial charge in [0.2, 0.25) is 0 Å². The first-order valence-corrected chi connectivity index (χ1v) is 8.58. The van der Waals surface area contributed by atoms with Crippen LogP contribution in [-0.2, 0) is 6.54 Å². The van der Waals surface area contributed by atoms with Gasteiger partial charge in [-0.1, -0.05) is 60.2 Å². The van der Waals surface area contributed by atoms with Gasteiger partial charge in [-0.3, -0.25) is 9.48 Å². The summed E-state index contributed by atoms with van der Waals surface area (Å²) < 4.78 is 1.93. The molecule has 1 aromatic heterocycles. The maximum Gasteiger partial charge on any atom is 0.256 e. The number of anilines is 1. The largest absolute Gasteiger partial charge is 0.305 e. The van der Waals surface area contributed by atoms with E-state index >= 15 is 0 Å². The van der Waals surface area contributed by atoms with Crippen LogP contribution in [0.2, 0.25) is 0 Å². The van der Waals surface area contributed by atoms with E-state index in [0.29, 0.717) is 17.9 Å². The van der Waals surface area contributed by atoms with Gasteiger partial charge in [0, 0.05) is 10.9 Å². The van der Waals surface area contributed by atoms with Gasteiger partial charge in [-0.05, 0) is 36.8 Å². The number of carbonyl (C=O) groups excluding carboxylic acids is 1. The summed E-state index contributed by atoms with van der Waals surface area (Å²) in [6, 6.07) is 25.6. The second kappa shape index (κ2) is 6.84. The maximum absolute atomic E-state index is 12.6. The minimum atomic E-state index is -0.153. The molecule has 0 bridgehead atoms. The molecule has 0 saturated carbocycles. The van der Waals surface area contributed by atoms with Crippen LogP contribution in [-0.4, -0.2) is 15.7 Å². The Morgan fingerprint density at radius 1 is 0.923 bits per heavy atom. The van der Waals surface area contributed by atoms with Crippen LogP contribution in [0.1, 0.15) is 21.5 Å². The minimum absolute atomic E-state index is 0.153. The maximum atomic E-state index is 12.6. The fourth-order valence-electron chi connectivity index (χ4n) is 2.98. The summed E-state index contributed by atoms with van der Waals surface area (Å²) in [5.41, 5.74) is 3.91. The van der Waals surface area contributed by atoms with Crippen molar-refractivity contribution in [2.75, 3.05) is 5.32 Å². The zero-order valence-electron chi connectivity index (χ0n) is 14.5. The van der Waals surface area contributed by atoms with Crippen molar-refractivity contribution in [1.82, 2.24) is 9.78 Å². The lowest BCUT2D eigenvalue weighted by Crippen LogP contribution is -2.13. The van der Waals surface area contributed by atoms with Crippen LogP contribution in [0.3, 0.4) is 0 Å². The molecule has 128 valence electrons. The van der Waals surface area contributed by atoms with Crippen LogP contribution in [0, 0.1) is 6.92 Å². The highest BCUT2D eigenvalue weighted by molar-refractivity contribution is 6.07. The molecule has 0 radical (unpaired) electrons. The van der Waals surface area contributed by atoms with E-state index in [1.807, 2.05) is 78.3 Å². The first-order valence-electron chi connectivity index (χ1n) is 8.58. The predicted octanol–water partition coefficient (Wildman–Crippen LogP) is 4.65. The second-order valence-electron chi connectivity index (χ2n) is 6.33. The molecule has 26 heavy (non-hydrogen) atoms. The van der Waals surface area contributed by atoms with E-state index in [0.717, 1.165) is 22.0 Å². The van der Waals surface area contributed by atoms with Crippen molar-refractivity contribution in [3.05, 3.63) is 95.6 Å². The number of fused-ring (bicyclic) bond motifs is 1. The molecule has 4 rings (SSSR count). The molecule has 0 aliphatic rings. The monoisotopic (exact) mass is 341 g/mol. The van der Waals surface area contributed by atoms with Crippen LogP contribution in [0.5, 0.6) is 0 Å². The summed E-state index contributed by atoms with van der Waals surface area (Å²) in [6.07, 6.45) is 0. The Labute approximate surface area is 152 Å². The van der Waals surface area contributed by atoms with Gasteiger partial charge in [0.1, 0.15) is 0 Å². The van der Waals surface area contributed by atoms with Crippen molar-refractivity contribution in [2.45, 2.75) is 13.5 Å². The SMILES string of the molecule is Cc1ccc(C(=O)Nc2nn(Cc3ccccc3)c3ccccc23)cc1. The van der Waals surface area contributed by atoms with E-state index in [1.165, 1.54) is 0 Å². The number of hydrogen-bond donors (Lipinski definition) is 1. The smallest absolute Gasteiger partial charge is 0.256 e. The van der Waals surface area contributed by atoms with Gasteiger partial charge < -0.3 is 5.32 Å². The van der Waals surface area contributed by atoms with Crippen LogP contribution in [0.25, 0.3) is 10.9 Å². The molecular formula is C22H19N3O. The Morgan fingerprint density at radius 3 is 2.38 bits per heavy atom. The lowest BCUT2D eigenvalue weighted by Gasteiger charge is -2.04. The predicted molar refractivity (Wildman–Crippen MR) is 104 cm³/mol. The fraction of sp³-hybridized carbons (Fsp3) is 0.0909. The standard InChI is InChI=1S/C22H19N3O/c1-16-11-13-18(14-12-16)22(26)23-21-19-9-5-6-10-20(19)25(24-21)15-17-7-3-2-4-8-17/h2-14H,15H2,1H3,(H,23,24,26). The summed E-state index contributed by atoms with van der Waals surface area (Å²) in [7, 11) is 0. The third-order valence-corrected chi connectivity index (χ3v) is 4.38. The zero-order valence-corrected chi connectivity index (χ0v) is 14.5. The summed E-state index contributed by atoms with van der Waals surface area (Å²) in [4.78, 5) is 12.6. The molecule has 0 aliphatic carbocycles. The fourth-order valence-corrected chi connectivity index (χ4v) is 2.98. The van der Waals surface area contributed by atoms with Gasteiger partial charge in [-0.25, -0.2) is 0 Å². The third kappa shape index (κ3) is 3.22. The third-order valence-electron chi connectivity index (χ3n) is 4.38. The Kier molecular flexibility index (Phi) is 4.23. The van der Waals surface area contributed by atoms with Crippen molar-refractivity contribution in [1.29, 1.82) is 0 Å². The van der Waals surface area contributed by atoms with Crippen LogP contribution < -0.4 is 5.32 Å². The molecular weight excluding hydrogens is 322 g/mol. The number of para-hydroxylation sites is 1. The quantitative estimate of drug-likeness (QED) is 0.587. The van der Waals surface area contributed by atoms with Crippen molar-refractivity contribution >= 4 is 22.6 Å². The van der Waals surface area contributed by atoms with E-state index in [9.17, 15) is 4.79 Å². The van der Waals surface area contributed by atoms with E-state index < -0.39 is 0 Å². The summed E-state index contributed by atoms with van der Waals surface area (Å²) in [5.74, 6) is 0.433. The van der Waals surface area contributed by atoms with Gasteiger partial charge >= 0.3 is 0 Å². The van der Waals surface area contributed by atoms with Gasteiger partial charge in [0.25, 0.3) is 5.91 Å². The number of rotatable bonds is 4. The molecule has 0 spiro atoms. The highest BCUT2D eigenvalue weighted by Crippen LogP contribution is 2.24. The number of aromatic nitrogens is 2. The van der Waals surface area contributed by atoms with Crippen LogP contribution in [0.15, 0.2) is 78.9 Å². The first kappa shape index (κ1) is 16.1. The second-order valence-corrected chi connectivity index (χ2v) is 6.33. The zero-order chi connectivity index (χ0) is 17.9. The van der Waals surface area contributed by atoms with E-state index in [-0.39, 0.29) is 5.91 Å². The van der Waals surface area contributed by atoms with E-state index in [1.54, 1.807) is 0 Å². The molecule has 0 unspecified atom stereocenters. The lowest BCUT2D eigenvalue weighted by molar-refractivity contribution is 0.102. The minimum Gasteiger partial charge on any atom is -0.305 e. The number of nitrogens with zero attached hydrogens (tertiary/aromatic N) is 2. The summed E-state index contributed by atoms with van der Waals surface area (Å²) in [6.45, 7) is 2.65. The van der Waals surface area contributed by atoms with Gasteiger partial charge in [0.15, 0.2) is 5.82 Å². The number of nitrogens with one attached hydrogen (secondary N) is 1. The van der Waals surface area contributed by atoms with Crippen molar-refractivity contribution in [3.63, 3.8) is 0 Å². The number of amides is 1. The molecule has 0 saturated heterocycles. The first-order chi connectivity index (χ1) is 12.7. The lowest BCUT2D eigenvalue weighted by atomic mass is 10.1. The Balaban J connectivity index is 1.67. The van der Waals surface area contributed by atoms with Gasteiger partial charge in [-0.2, -0.15) is 5.10 Å². The highest BCUT2D eigenvalue weighted by atomic mass is 16.1. The molecule has 3 aromatic carbocycles. The Hall–Kier alpha value is -3.40. The number of hydrogen-bond acceptors (Lipinski definition) is 2. The molecule has 1 amide bonds. The molecule has 0 aliphatic heterocycles. The Bertz CT molecular complexity index is 1050. The molecule has 1 N–H and O–H groups in total. The molecule has 0 atom stereocenters. The molecule has 0 fully saturated rings. The molecule has 4 nitrogen and oxygen atoms in total. The number of aryl methyl sites for hydroxylation is 1. The average molecular weight is 341 g/mol. The van der Waals surface area contributed by atoms with Crippen molar-refractivity contribution in [3.8, 4) is 0 Å². The van der Waals surface area contributed by atoms with Crippen LogP contribution >= 0.6 is 0 Å². The average Bonchev–Trinajstić information content (AvgIpc) is 3.01. The van der Waals surface area contributed by atoms with E-state index in [4.69, 9.17) is 0 Å². The van der Waals surface area contributed by atoms with E-state index in [2.05, 4.69) is 22.5 Å². The normalized spacial score (nSPS) is 10.8. The Morgan fingerprint density at radius 2 is 1.62 bits per heavy atom. The summed E-state index contributed by atoms with van der Waals surface area (Å²) >= 11 is 0. The molecule has 4 aromatic rings. The highest BCUT2D eigenvalue weighted by Gasteiger charge is 2.14.